The molecule has 1 aromatic heterocycles. The molecule has 3 heterocycles. The molecule has 204 valence electrons. The fourth-order valence-corrected chi connectivity index (χ4v) is 5.96. The number of carbonyl (C=O) groups excluding carboxylic acids is 1. The molecule has 40 heavy (non-hydrogen) atoms. The number of carbonyl (C=O) groups is 1. The number of fused-ring (bicyclic) bond motifs is 1. The second-order valence-corrected chi connectivity index (χ2v) is 11.0. The van der Waals surface area contributed by atoms with Crippen LogP contribution in [0.5, 0.6) is 0 Å². The average molecular weight is 555 g/mol. The number of nitrogens with one attached hydrogen (secondary N) is 2. The van der Waals surface area contributed by atoms with Crippen LogP contribution in [0.15, 0.2) is 59.6 Å². The molecule has 0 radical (unpaired) electrons. The Hall–Kier alpha value is -4.08. The quantitative estimate of drug-likeness (QED) is 0.338. The summed E-state index contributed by atoms with van der Waals surface area (Å²) in [4.78, 5) is 22.9. The molecule has 0 spiro atoms. The first-order valence-corrected chi connectivity index (χ1v) is 13.8. The monoisotopic (exact) mass is 554 g/mol. The van der Waals surface area contributed by atoms with Crippen LogP contribution in [0.2, 0.25) is 5.02 Å². The van der Waals surface area contributed by atoms with Crippen LogP contribution < -0.4 is 10.2 Å². The summed E-state index contributed by atoms with van der Waals surface area (Å²) in [5.41, 5.74) is 7.40. The Balaban J connectivity index is 1.45. The lowest BCUT2D eigenvalue weighted by Gasteiger charge is -2.36. The van der Waals surface area contributed by atoms with Crippen LogP contribution in [0.3, 0.4) is 0 Å². The van der Waals surface area contributed by atoms with Crippen LogP contribution in [-0.4, -0.2) is 63.9 Å². The zero-order valence-electron chi connectivity index (χ0n) is 22.7. The maximum absolute atomic E-state index is 14.3. The van der Waals surface area contributed by atoms with Gasteiger partial charge in [0.25, 0.3) is 0 Å². The van der Waals surface area contributed by atoms with Gasteiger partial charge in [-0.2, -0.15) is 5.21 Å². The van der Waals surface area contributed by atoms with Crippen LogP contribution in [0, 0.1) is 13.8 Å². The maximum Gasteiger partial charge on any atom is 0.250 e. The van der Waals surface area contributed by atoms with E-state index in [1.807, 2.05) is 60.2 Å². The number of likely N-dealkylation sites (N-methyl/N-ethyl adjacent to an activating group) is 1. The van der Waals surface area contributed by atoms with Crippen molar-refractivity contribution in [2.45, 2.75) is 38.8 Å². The molecular weight excluding hydrogens is 524 g/mol. The summed E-state index contributed by atoms with van der Waals surface area (Å²) >= 11 is 6.46. The summed E-state index contributed by atoms with van der Waals surface area (Å²) in [5, 5.41) is 18.6. The number of rotatable bonds is 6. The highest BCUT2D eigenvalue weighted by molar-refractivity contribution is 6.31. The molecule has 10 heteroatoms. The van der Waals surface area contributed by atoms with E-state index in [0.717, 1.165) is 64.1 Å². The van der Waals surface area contributed by atoms with E-state index in [1.54, 1.807) is 6.34 Å². The first-order valence-electron chi connectivity index (χ1n) is 13.4. The van der Waals surface area contributed by atoms with Gasteiger partial charge < -0.3 is 15.1 Å². The topological polar surface area (TPSA) is 102 Å². The third-order valence-electron chi connectivity index (χ3n) is 7.64. The number of anilines is 1. The molecule has 1 unspecified atom stereocenters. The van der Waals surface area contributed by atoms with Gasteiger partial charge in [-0.15, -0.1) is 10.2 Å². The number of nitrogens with zero attached hydrogens (tertiary/aromatic N) is 6. The van der Waals surface area contributed by atoms with Gasteiger partial charge in [0.2, 0.25) is 11.7 Å². The van der Waals surface area contributed by atoms with Crippen LogP contribution in [0.25, 0.3) is 22.5 Å². The minimum absolute atomic E-state index is 0.00841. The first-order chi connectivity index (χ1) is 19.4. The van der Waals surface area contributed by atoms with E-state index < -0.39 is 6.04 Å². The van der Waals surface area contributed by atoms with Crippen molar-refractivity contribution in [3.8, 4) is 22.5 Å². The number of aliphatic imine (C=N–C) groups is 1. The van der Waals surface area contributed by atoms with Gasteiger partial charge in [-0.1, -0.05) is 29.8 Å². The van der Waals surface area contributed by atoms with Crippen LogP contribution in [0.1, 0.15) is 35.6 Å². The number of aryl methyl sites for hydroxylation is 2. The summed E-state index contributed by atoms with van der Waals surface area (Å²) in [5.74, 6) is 0.536. The molecule has 3 aromatic carbocycles. The van der Waals surface area contributed by atoms with Crippen molar-refractivity contribution in [1.29, 1.82) is 0 Å². The number of H-pyrrole nitrogens is 1. The van der Waals surface area contributed by atoms with Gasteiger partial charge in [0.1, 0.15) is 6.04 Å². The van der Waals surface area contributed by atoms with E-state index in [2.05, 4.69) is 51.1 Å². The zero-order chi connectivity index (χ0) is 27.8. The van der Waals surface area contributed by atoms with Gasteiger partial charge in [-0.3, -0.25) is 4.79 Å². The predicted octanol–water partition coefficient (Wildman–Crippen LogP) is 5.24. The van der Waals surface area contributed by atoms with E-state index in [4.69, 9.17) is 16.6 Å². The zero-order valence-corrected chi connectivity index (χ0v) is 23.5. The molecule has 0 bridgehead atoms. The van der Waals surface area contributed by atoms with Gasteiger partial charge in [-0.25, -0.2) is 4.99 Å². The van der Waals surface area contributed by atoms with Crippen molar-refractivity contribution in [3.63, 3.8) is 0 Å². The molecule has 9 nitrogen and oxygen atoms in total. The molecule has 2 N–H and O–H groups in total. The summed E-state index contributed by atoms with van der Waals surface area (Å²) in [7, 11) is 1.89. The number of tetrazole rings is 1. The molecule has 0 aliphatic carbocycles. The van der Waals surface area contributed by atoms with E-state index in [0.29, 0.717) is 23.4 Å². The molecule has 2 atom stereocenters. The normalized spacial score (nSPS) is 18.1. The standard InChI is InChI=1S/C30H31ClN8O/c1-18-10-22(31)14-24(11-18)39-17-33-27-12-19(2)25(20-6-4-7-21(13-20)29-34-36-37-35-29)15-26(27)28(39)30(40)38(3)16-23-8-5-9-32-23/h4,6-7,10-15,17,23,28,32H,5,8-9,16H2,1-3H3,(H,34,35,36,37)/t23-,28?/m0/s1. The summed E-state index contributed by atoms with van der Waals surface area (Å²) in [6.07, 6.45) is 3.95. The van der Waals surface area contributed by atoms with Gasteiger partial charge in [0, 0.05) is 41.5 Å². The molecule has 1 saturated heterocycles. The van der Waals surface area contributed by atoms with E-state index >= 15 is 0 Å². The first kappa shape index (κ1) is 26.2. The third-order valence-corrected chi connectivity index (χ3v) is 7.85. The molecule has 1 fully saturated rings. The number of halogens is 1. The van der Waals surface area contributed by atoms with Crippen molar-refractivity contribution in [3.05, 3.63) is 76.3 Å². The lowest BCUT2D eigenvalue weighted by Crippen LogP contribution is -2.46. The summed E-state index contributed by atoms with van der Waals surface area (Å²) in [6, 6.07) is 17.7. The number of hydrogen-bond donors (Lipinski definition) is 2. The molecule has 2 aliphatic heterocycles. The molecule has 2 aliphatic rings. The highest BCUT2D eigenvalue weighted by Crippen LogP contribution is 2.42. The Morgan fingerprint density at radius 3 is 2.73 bits per heavy atom. The van der Waals surface area contributed by atoms with Gasteiger partial charge >= 0.3 is 0 Å². The highest BCUT2D eigenvalue weighted by atomic mass is 35.5. The van der Waals surface area contributed by atoms with Crippen molar-refractivity contribution in [2.75, 3.05) is 25.0 Å². The molecule has 6 rings (SSSR count). The van der Waals surface area contributed by atoms with Gasteiger partial charge in [-0.05, 0) is 97.1 Å². The van der Waals surface area contributed by atoms with E-state index in [1.165, 1.54) is 0 Å². The SMILES string of the molecule is Cc1cc(Cl)cc(N2C=Nc3cc(C)c(-c4cccc(-c5nn[nH]n5)c4)cc3C2C(=O)N(C)C[C@@H]2CCCN2)c1. The number of benzene rings is 3. The molecule has 1 amide bonds. The van der Waals surface area contributed by atoms with Crippen molar-refractivity contribution < 1.29 is 4.79 Å². The molecule has 4 aromatic rings. The van der Waals surface area contributed by atoms with E-state index in [9.17, 15) is 4.79 Å². The van der Waals surface area contributed by atoms with Gasteiger partial charge in [0.05, 0.1) is 12.0 Å². The Morgan fingerprint density at radius 2 is 1.98 bits per heavy atom. The second kappa shape index (κ2) is 10.8. The van der Waals surface area contributed by atoms with Crippen molar-refractivity contribution in [1.82, 2.24) is 30.8 Å². The van der Waals surface area contributed by atoms with Crippen LogP contribution >= 0.6 is 11.6 Å². The highest BCUT2D eigenvalue weighted by Gasteiger charge is 2.35. The molecular formula is C30H31ClN8O. The Labute approximate surface area is 238 Å². The summed E-state index contributed by atoms with van der Waals surface area (Å²) < 4.78 is 0. The van der Waals surface area contributed by atoms with Crippen molar-refractivity contribution in [2.24, 2.45) is 4.99 Å². The van der Waals surface area contributed by atoms with Crippen molar-refractivity contribution >= 4 is 35.2 Å². The minimum Gasteiger partial charge on any atom is -0.342 e. The third kappa shape index (κ3) is 5.10. The predicted molar refractivity (Wildman–Crippen MR) is 158 cm³/mol. The fourth-order valence-electron chi connectivity index (χ4n) is 5.68. The Kier molecular flexibility index (Phi) is 7.08. The van der Waals surface area contributed by atoms with Crippen LogP contribution in [0.4, 0.5) is 11.4 Å². The lowest BCUT2D eigenvalue weighted by molar-refractivity contribution is -0.131. The maximum atomic E-state index is 14.3. The fraction of sp³-hybridized carbons (Fsp3) is 0.300. The number of hydrogen-bond acceptors (Lipinski definition) is 7. The lowest BCUT2D eigenvalue weighted by atomic mass is 9.91. The minimum atomic E-state index is -0.600. The van der Waals surface area contributed by atoms with E-state index in [-0.39, 0.29) is 5.91 Å². The Morgan fingerprint density at radius 1 is 1.12 bits per heavy atom. The largest absolute Gasteiger partial charge is 0.342 e. The number of aromatic amines is 1. The Bertz CT molecular complexity index is 1560. The summed E-state index contributed by atoms with van der Waals surface area (Å²) in [6.45, 7) is 5.70. The number of aromatic nitrogens is 4. The molecule has 0 saturated carbocycles. The number of amides is 1. The smallest absolute Gasteiger partial charge is 0.250 e. The van der Waals surface area contributed by atoms with Gasteiger partial charge in [0.15, 0.2) is 0 Å². The second-order valence-electron chi connectivity index (χ2n) is 10.6. The van der Waals surface area contributed by atoms with Crippen LogP contribution in [-0.2, 0) is 4.79 Å². The average Bonchev–Trinajstić information content (AvgIpc) is 3.66.